The topological polar surface area (TPSA) is 122 Å². The fourth-order valence-electron chi connectivity index (χ4n) is 5.41. The van der Waals surface area contributed by atoms with E-state index < -0.39 is 27.6 Å². The lowest BCUT2D eigenvalue weighted by Crippen LogP contribution is -2.51. The Morgan fingerprint density at radius 3 is 2.45 bits per heavy atom. The number of amides is 3. The Bertz CT molecular complexity index is 1490. The highest BCUT2D eigenvalue weighted by atomic mass is 35.5. The number of hydrogen-bond acceptors (Lipinski definition) is 8. The molecule has 5 rings (SSSR count). The molecule has 13 heteroatoms. The van der Waals surface area contributed by atoms with Crippen LogP contribution in [0.15, 0.2) is 53.2 Å². The van der Waals surface area contributed by atoms with Gasteiger partial charge in [0.05, 0.1) is 30.7 Å². The molecule has 0 bridgehead atoms. The molecule has 214 valence electrons. The third kappa shape index (κ3) is 5.61. The summed E-state index contributed by atoms with van der Waals surface area (Å²) in [7, 11) is -2.21. The van der Waals surface area contributed by atoms with Crippen LogP contribution in [0.2, 0.25) is 5.02 Å². The van der Waals surface area contributed by atoms with Gasteiger partial charge in [0, 0.05) is 44.3 Å². The molecule has 2 fully saturated rings. The molecule has 11 nitrogen and oxygen atoms in total. The van der Waals surface area contributed by atoms with Crippen molar-refractivity contribution in [2.75, 3.05) is 45.9 Å². The molecular formula is C27H32ClN5O6S. The summed E-state index contributed by atoms with van der Waals surface area (Å²) in [6.07, 6.45) is 1.15. The molecule has 2 saturated heterocycles. The van der Waals surface area contributed by atoms with E-state index in [1.54, 1.807) is 47.3 Å². The molecule has 0 aromatic heterocycles. The van der Waals surface area contributed by atoms with Crippen molar-refractivity contribution < 1.29 is 27.9 Å². The highest BCUT2D eigenvalue weighted by Crippen LogP contribution is 2.30. The maximum Gasteiger partial charge on any atom is 0.273 e. The molecular weight excluding hydrogens is 558 g/mol. The van der Waals surface area contributed by atoms with Crippen molar-refractivity contribution >= 4 is 49.9 Å². The predicted octanol–water partition coefficient (Wildman–Crippen LogP) is 1.27. The SMILES string of the molecule is CC(=O)N(C)CN1C=C2C(=O)N(C3CCN(C(=O)[C@H](O)CS(=O)(=O)c4ccc5cc(Cl)ccc5c4)CC3)CN2C1. The molecule has 0 saturated carbocycles. The van der Waals surface area contributed by atoms with E-state index in [9.17, 15) is 27.9 Å². The van der Waals surface area contributed by atoms with Crippen LogP contribution >= 0.6 is 11.6 Å². The number of rotatable bonds is 7. The van der Waals surface area contributed by atoms with Gasteiger partial charge in [-0.25, -0.2) is 8.42 Å². The van der Waals surface area contributed by atoms with E-state index in [-0.39, 0.29) is 22.8 Å². The minimum Gasteiger partial charge on any atom is -0.382 e. The summed E-state index contributed by atoms with van der Waals surface area (Å²) in [6.45, 7) is 3.47. The first-order valence-corrected chi connectivity index (χ1v) is 15.1. The average molecular weight is 590 g/mol. The molecule has 0 aliphatic carbocycles. The molecule has 3 aliphatic heterocycles. The van der Waals surface area contributed by atoms with Gasteiger partial charge in [-0.15, -0.1) is 0 Å². The monoisotopic (exact) mass is 589 g/mol. The van der Waals surface area contributed by atoms with E-state index in [1.807, 2.05) is 9.80 Å². The van der Waals surface area contributed by atoms with Gasteiger partial charge < -0.3 is 29.6 Å². The fraction of sp³-hybridized carbons (Fsp3) is 0.444. The maximum atomic E-state index is 13.1. The molecule has 0 spiro atoms. The van der Waals surface area contributed by atoms with Crippen molar-refractivity contribution in [2.45, 2.75) is 36.8 Å². The molecule has 0 radical (unpaired) electrons. The largest absolute Gasteiger partial charge is 0.382 e. The van der Waals surface area contributed by atoms with Gasteiger partial charge in [0.15, 0.2) is 9.84 Å². The highest BCUT2D eigenvalue weighted by molar-refractivity contribution is 7.91. The summed E-state index contributed by atoms with van der Waals surface area (Å²) in [5, 5.41) is 12.6. The number of carbonyl (C=O) groups is 3. The number of sulfone groups is 1. The van der Waals surface area contributed by atoms with Crippen molar-refractivity contribution in [3.63, 3.8) is 0 Å². The lowest BCUT2D eigenvalue weighted by molar-refractivity contribution is -0.141. The number of carbonyl (C=O) groups excluding carboxylic acids is 3. The van der Waals surface area contributed by atoms with Gasteiger partial charge in [-0.05, 0) is 47.9 Å². The number of aliphatic hydroxyl groups excluding tert-OH is 1. The minimum absolute atomic E-state index is 0.0294. The molecule has 1 atom stereocenters. The normalized spacial score (nSPS) is 18.8. The maximum absolute atomic E-state index is 13.1. The highest BCUT2D eigenvalue weighted by Gasteiger charge is 2.42. The minimum atomic E-state index is -3.92. The third-order valence-electron chi connectivity index (χ3n) is 7.74. The quantitative estimate of drug-likeness (QED) is 0.512. The molecule has 1 N–H and O–H groups in total. The van der Waals surface area contributed by atoms with E-state index >= 15 is 0 Å². The summed E-state index contributed by atoms with van der Waals surface area (Å²) in [5.74, 6) is -1.48. The Labute approximate surface area is 238 Å². The van der Waals surface area contributed by atoms with Crippen molar-refractivity contribution in [3.8, 4) is 0 Å². The summed E-state index contributed by atoms with van der Waals surface area (Å²) in [5.41, 5.74) is 0.591. The van der Waals surface area contributed by atoms with Crippen LogP contribution in [0.3, 0.4) is 0 Å². The van der Waals surface area contributed by atoms with Gasteiger partial charge in [-0.1, -0.05) is 23.7 Å². The van der Waals surface area contributed by atoms with Gasteiger partial charge in [-0.3, -0.25) is 14.4 Å². The van der Waals surface area contributed by atoms with Crippen LogP contribution in [0.5, 0.6) is 0 Å². The second-order valence-corrected chi connectivity index (χ2v) is 13.0. The van der Waals surface area contributed by atoms with Crippen LogP contribution in [0.25, 0.3) is 10.8 Å². The van der Waals surface area contributed by atoms with Gasteiger partial charge in [0.2, 0.25) is 5.91 Å². The van der Waals surface area contributed by atoms with Gasteiger partial charge in [-0.2, -0.15) is 0 Å². The Balaban J connectivity index is 1.15. The van der Waals surface area contributed by atoms with Crippen LogP contribution in [0.4, 0.5) is 0 Å². The van der Waals surface area contributed by atoms with E-state index in [0.29, 0.717) is 62.0 Å². The second kappa shape index (κ2) is 10.9. The second-order valence-electron chi connectivity index (χ2n) is 10.6. The van der Waals surface area contributed by atoms with Crippen molar-refractivity contribution in [1.82, 2.24) is 24.5 Å². The van der Waals surface area contributed by atoms with Crippen molar-refractivity contribution in [3.05, 3.63) is 53.3 Å². The van der Waals surface area contributed by atoms with E-state index in [4.69, 9.17) is 11.6 Å². The number of halogens is 1. The zero-order valence-corrected chi connectivity index (χ0v) is 23.9. The summed E-state index contributed by atoms with van der Waals surface area (Å²) >= 11 is 6.00. The molecule has 3 heterocycles. The lowest BCUT2D eigenvalue weighted by Gasteiger charge is -2.37. The summed E-state index contributed by atoms with van der Waals surface area (Å²) < 4.78 is 26.0. The Morgan fingerprint density at radius 1 is 1.10 bits per heavy atom. The zero-order chi connectivity index (χ0) is 28.8. The Morgan fingerprint density at radius 2 is 1.77 bits per heavy atom. The molecule has 40 heavy (non-hydrogen) atoms. The number of hydrogen-bond donors (Lipinski definition) is 1. The number of nitrogens with zero attached hydrogens (tertiary/aromatic N) is 5. The number of aliphatic hydroxyl groups is 1. The third-order valence-corrected chi connectivity index (χ3v) is 9.71. The summed E-state index contributed by atoms with van der Waals surface area (Å²) in [6, 6.07) is 9.67. The van der Waals surface area contributed by atoms with Gasteiger partial charge in [0.1, 0.15) is 11.8 Å². The van der Waals surface area contributed by atoms with Crippen LogP contribution in [-0.4, -0.2) is 114 Å². The first-order chi connectivity index (χ1) is 18.9. The number of fused-ring (bicyclic) bond motifs is 2. The molecule has 3 aliphatic rings. The van der Waals surface area contributed by atoms with Gasteiger partial charge >= 0.3 is 0 Å². The predicted molar refractivity (Wildman–Crippen MR) is 148 cm³/mol. The number of benzene rings is 2. The van der Waals surface area contributed by atoms with Crippen LogP contribution in [0.1, 0.15) is 19.8 Å². The Kier molecular flexibility index (Phi) is 7.68. The van der Waals surface area contributed by atoms with Crippen molar-refractivity contribution in [1.29, 1.82) is 0 Å². The zero-order valence-electron chi connectivity index (χ0n) is 22.4. The van der Waals surface area contributed by atoms with Crippen molar-refractivity contribution in [2.24, 2.45) is 0 Å². The number of likely N-dealkylation sites (tertiary alicyclic amines) is 1. The first kappa shape index (κ1) is 28.2. The van der Waals surface area contributed by atoms with Crippen LogP contribution in [0, 0.1) is 0 Å². The number of piperidine rings is 1. The van der Waals surface area contributed by atoms with Gasteiger partial charge in [0.25, 0.3) is 11.8 Å². The molecule has 2 aromatic rings. The Hall–Kier alpha value is -3.35. The van der Waals surface area contributed by atoms with E-state index in [2.05, 4.69) is 0 Å². The molecule has 0 unspecified atom stereocenters. The standard InChI is InChI=1S/C27H32ClN5O6S/c1-18(34)29(2)15-30-13-24-26(36)33(17-32(24)16-30)22-7-9-31(10-8-22)27(37)25(35)14-40(38,39)23-6-4-19-11-21(28)5-3-20(19)12-23/h3-6,11-13,22,25,35H,7-10,14-17H2,1-2H3/t25-/m1/s1. The molecule has 2 aromatic carbocycles. The average Bonchev–Trinajstić information content (AvgIpc) is 3.45. The van der Waals surface area contributed by atoms with Crippen LogP contribution < -0.4 is 0 Å². The first-order valence-electron chi connectivity index (χ1n) is 13.1. The smallest absolute Gasteiger partial charge is 0.273 e. The molecule has 3 amide bonds. The fourth-order valence-corrected chi connectivity index (χ4v) is 6.92. The lowest BCUT2D eigenvalue weighted by atomic mass is 10.0. The summed E-state index contributed by atoms with van der Waals surface area (Å²) in [4.78, 5) is 46.3. The van der Waals surface area contributed by atoms with E-state index in [1.165, 1.54) is 24.0 Å². The van der Waals surface area contributed by atoms with Crippen LogP contribution in [-0.2, 0) is 24.2 Å². The van der Waals surface area contributed by atoms with E-state index in [0.717, 1.165) is 5.39 Å².